The number of aryl methyl sites for hydroxylation is 2. The predicted octanol–water partition coefficient (Wildman–Crippen LogP) is 3.87. The maximum absolute atomic E-state index is 12.7. The van der Waals surface area contributed by atoms with E-state index in [0.717, 1.165) is 29.1 Å². The molecule has 1 aliphatic heterocycles. The Morgan fingerprint density at radius 2 is 2.03 bits per heavy atom. The molecular formula is C26H28N4O4. The lowest BCUT2D eigenvalue weighted by atomic mass is 10.1. The maximum Gasteiger partial charge on any atom is 0.291 e. The number of amides is 2. The van der Waals surface area contributed by atoms with Gasteiger partial charge in [0.1, 0.15) is 5.75 Å². The Bertz CT molecular complexity index is 1280. The minimum Gasteiger partial charge on any atom is -0.496 e. The molecule has 0 atom stereocenters. The minimum atomic E-state index is -0.394. The summed E-state index contributed by atoms with van der Waals surface area (Å²) in [5.41, 5.74) is 4.88. The fourth-order valence-electron chi connectivity index (χ4n) is 4.04. The number of ether oxygens (including phenoxy) is 2. The molecule has 2 aromatic carbocycles. The van der Waals surface area contributed by atoms with Gasteiger partial charge in [-0.15, -0.1) is 0 Å². The Morgan fingerprint density at radius 3 is 2.76 bits per heavy atom. The first-order valence-corrected chi connectivity index (χ1v) is 11.2. The van der Waals surface area contributed by atoms with Gasteiger partial charge >= 0.3 is 0 Å². The Labute approximate surface area is 198 Å². The van der Waals surface area contributed by atoms with E-state index in [2.05, 4.69) is 22.7 Å². The van der Waals surface area contributed by atoms with E-state index in [0.29, 0.717) is 35.7 Å². The van der Waals surface area contributed by atoms with E-state index in [9.17, 15) is 9.59 Å². The number of methoxy groups -OCH3 is 1. The van der Waals surface area contributed by atoms with E-state index in [-0.39, 0.29) is 11.7 Å². The van der Waals surface area contributed by atoms with E-state index in [4.69, 9.17) is 9.47 Å². The van der Waals surface area contributed by atoms with Gasteiger partial charge in [-0.05, 0) is 63.1 Å². The predicted molar refractivity (Wildman–Crippen MR) is 130 cm³/mol. The van der Waals surface area contributed by atoms with Crippen LogP contribution >= 0.6 is 0 Å². The largest absolute Gasteiger partial charge is 0.496 e. The first-order chi connectivity index (χ1) is 16.4. The number of carbonyl (C=O) groups is 2. The Hall–Kier alpha value is -4.07. The van der Waals surface area contributed by atoms with Crippen molar-refractivity contribution in [2.75, 3.05) is 19.0 Å². The third-order valence-corrected chi connectivity index (χ3v) is 5.85. The number of fused-ring (bicyclic) bond motifs is 1. The number of carbonyl (C=O) groups excluding carboxylic acids is 2. The summed E-state index contributed by atoms with van der Waals surface area (Å²) in [5.74, 6) is 0.639. The van der Waals surface area contributed by atoms with Gasteiger partial charge < -0.3 is 20.1 Å². The van der Waals surface area contributed by atoms with Crippen molar-refractivity contribution in [1.29, 1.82) is 0 Å². The molecule has 8 nitrogen and oxygen atoms in total. The van der Waals surface area contributed by atoms with Crippen LogP contribution in [-0.2, 0) is 17.8 Å². The van der Waals surface area contributed by atoms with Crippen LogP contribution < -0.4 is 20.1 Å². The molecule has 0 aliphatic carbocycles. The lowest BCUT2D eigenvalue weighted by Gasteiger charge is -2.20. The average Bonchev–Trinajstić information content (AvgIpc) is 3.12. The number of nitrogens with one attached hydrogen (secondary N) is 2. The molecule has 2 heterocycles. The van der Waals surface area contributed by atoms with Crippen molar-refractivity contribution in [3.63, 3.8) is 0 Å². The number of nitrogens with zero attached hydrogens (tertiary/aromatic N) is 2. The van der Waals surface area contributed by atoms with Crippen molar-refractivity contribution in [1.82, 2.24) is 15.1 Å². The van der Waals surface area contributed by atoms with E-state index >= 15 is 0 Å². The monoisotopic (exact) mass is 460 g/mol. The van der Waals surface area contributed by atoms with Gasteiger partial charge in [0.2, 0.25) is 0 Å². The summed E-state index contributed by atoms with van der Waals surface area (Å²) in [7, 11) is 1.57. The van der Waals surface area contributed by atoms with Crippen molar-refractivity contribution < 1.29 is 19.1 Å². The van der Waals surface area contributed by atoms with Gasteiger partial charge in [0.05, 0.1) is 18.5 Å². The van der Waals surface area contributed by atoms with Gasteiger partial charge in [-0.2, -0.15) is 5.10 Å². The fraction of sp³-hybridized carbons (Fsp3) is 0.269. The SMILES string of the molecule is CCn1nc(C)c(CCNC(=O)c2ccc3c(c2)NC(=O)/C(=C/c2ccccc2OC)O3)c1C. The summed E-state index contributed by atoms with van der Waals surface area (Å²) in [6.45, 7) is 7.39. The summed E-state index contributed by atoms with van der Waals surface area (Å²) < 4.78 is 13.1. The molecule has 4 rings (SSSR count). The molecule has 0 saturated carbocycles. The van der Waals surface area contributed by atoms with Gasteiger partial charge in [0.25, 0.3) is 11.8 Å². The molecule has 0 bridgehead atoms. The van der Waals surface area contributed by atoms with E-state index in [1.165, 1.54) is 0 Å². The number of hydrogen-bond acceptors (Lipinski definition) is 5. The maximum atomic E-state index is 12.7. The zero-order valence-corrected chi connectivity index (χ0v) is 19.8. The first kappa shape index (κ1) is 23.1. The van der Waals surface area contributed by atoms with E-state index < -0.39 is 5.91 Å². The van der Waals surface area contributed by atoms with Crippen LogP contribution in [0.25, 0.3) is 6.08 Å². The number of rotatable bonds is 7. The van der Waals surface area contributed by atoms with Gasteiger partial charge in [-0.3, -0.25) is 14.3 Å². The minimum absolute atomic E-state index is 0.146. The molecule has 3 aromatic rings. The summed E-state index contributed by atoms with van der Waals surface area (Å²) in [5, 5.41) is 10.3. The van der Waals surface area contributed by atoms with Gasteiger partial charge in [0.15, 0.2) is 11.5 Å². The third kappa shape index (κ3) is 4.66. The topological polar surface area (TPSA) is 94.5 Å². The second kappa shape index (κ2) is 9.82. The molecule has 2 amide bonds. The van der Waals surface area contributed by atoms with Crippen LogP contribution in [0.15, 0.2) is 48.2 Å². The highest BCUT2D eigenvalue weighted by Gasteiger charge is 2.23. The molecule has 176 valence electrons. The molecule has 0 unspecified atom stereocenters. The van der Waals surface area contributed by atoms with Gasteiger partial charge in [-0.1, -0.05) is 18.2 Å². The fourth-order valence-corrected chi connectivity index (χ4v) is 4.04. The highest BCUT2D eigenvalue weighted by molar-refractivity contribution is 6.09. The third-order valence-electron chi connectivity index (χ3n) is 5.85. The van der Waals surface area contributed by atoms with Crippen molar-refractivity contribution in [3.8, 4) is 11.5 Å². The van der Waals surface area contributed by atoms with Crippen molar-refractivity contribution in [2.24, 2.45) is 0 Å². The Balaban J connectivity index is 1.44. The second-order valence-corrected chi connectivity index (χ2v) is 7.99. The van der Waals surface area contributed by atoms with Crippen LogP contribution in [0.2, 0.25) is 0 Å². The van der Waals surface area contributed by atoms with Crippen LogP contribution in [0.4, 0.5) is 5.69 Å². The summed E-state index contributed by atoms with van der Waals surface area (Å²) in [4.78, 5) is 25.3. The molecule has 8 heteroatoms. The average molecular weight is 461 g/mol. The van der Waals surface area contributed by atoms with Gasteiger partial charge in [-0.25, -0.2) is 0 Å². The summed E-state index contributed by atoms with van der Waals surface area (Å²) in [6, 6.07) is 12.3. The standard InChI is InChI=1S/C26H28N4O4/c1-5-30-17(3)20(16(2)29-30)12-13-27-25(31)19-10-11-23-21(14-19)28-26(32)24(34-23)15-18-8-6-7-9-22(18)33-4/h6-11,14-15H,5,12-13H2,1-4H3,(H,27,31)(H,28,32)/b24-15-. The second-order valence-electron chi connectivity index (χ2n) is 7.99. The van der Waals surface area contributed by atoms with Crippen LogP contribution in [0, 0.1) is 13.8 Å². The lowest BCUT2D eigenvalue weighted by molar-refractivity contribution is -0.115. The van der Waals surface area contributed by atoms with Crippen LogP contribution in [-0.4, -0.2) is 35.2 Å². The van der Waals surface area contributed by atoms with Crippen LogP contribution in [0.1, 0.15) is 39.8 Å². The Kier molecular flexibility index (Phi) is 6.67. The molecule has 0 saturated heterocycles. The zero-order chi connectivity index (χ0) is 24.2. The smallest absolute Gasteiger partial charge is 0.291 e. The van der Waals surface area contributed by atoms with Crippen LogP contribution in [0.3, 0.4) is 0 Å². The molecule has 1 aliphatic rings. The van der Waals surface area contributed by atoms with E-state index in [1.54, 1.807) is 31.4 Å². The molecular weight excluding hydrogens is 432 g/mol. The molecule has 34 heavy (non-hydrogen) atoms. The first-order valence-electron chi connectivity index (χ1n) is 11.2. The van der Waals surface area contributed by atoms with Crippen molar-refractivity contribution in [2.45, 2.75) is 33.7 Å². The molecule has 0 radical (unpaired) electrons. The van der Waals surface area contributed by atoms with Crippen LogP contribution in [0.5, 0.6) is 11.5 Å². The molecule has 0 fully saturated rings. The highest BCUT2D eigenvalue weighted by atomic mass is 16.5. The number of aromatic nitrogens is 2. The molecule has 2 N–H and O–H groups in total. The Morgan fingerprint density at radius 1 is 1.24 bits per heavy atom. The van der Waals surface area contributed by atoms with E-state index in [1.807, 2.05) is 42.8 Å². The molecule has 1 aromatic heterocycles. The van der Waals surface area contributed by atoms with Crippen molar-refractivity contribution >= 4 is 23.6 Å². The number of anilines is 1. The molecule has 0 spiro atoms. The van der Waals surface area contributed by atoms with Gasteiger partial charge in [0, 0.05) is 29.9 Å². The summed E-state index contributed by atoms with van der Waals surface area (Å²) in [6.07, 6.45) is 2.33. The summed E-state index contributed by atoms with van der Waals surface area (Å²) >= 11 is 0. The quantitative estimate of drug-likeness (QED) is 0.522. The lowest BCUT2D eigenvalue weighted by Crippen LogP contribution is -2.27. The highest BCUT2D eigenvalue weighted by Crippen LogP contribution is 2.33. The number of para-hydroxylation sites is 1. The van der Waals surface area contributed by atoms with Crippen molar-refractivity contribution in [3.05, 3.63) is 76.3 Å². The number of hydrogen-bond donors (Lipinski definition) is 2. The normalized spacial score (nSPS) is 13.8. The number of benzene rings is 2. The zero-order valence-electron chi connectivity index (χ0n) is 19.8.